The van der Waals surface area contributed by atoms with E-state index in [9.17, 15) is 29.1 Å². The van der Waals surface area contributed by atoms with Gasteiger partial charge in [-0.15, -0.1) is 0 Å². The zero-order valence-electron chi connectivity index (χ0n) is 20.6. The molecule has 12 heteroatoms. The van der Waals surface area contributed by atoms with Crippen LogP contribution in [0.1, 0.15) is 59.8 Å². The van der Waals surface area contributed by atoms with E-state index < -0.39 is 60.2 Å². The molecule has 196 valence electrons. The highest BCUT2D eigenvalue weighted by molar-refractivity contribution is 7.98. The van der Waals surface area contributed by atoms with Gasteiger partial charge in [0.1, 0.15) is 18.1 Å². The van der Waals surface area contributed by atoms with Crippen molar-refractivity contribution in [3.63, 3.8) is 0 Å². The molecule has 6 atom stereocenters. The molecule has 11 nitrogen and oxygen atoms in total. The number of nitrogens with one attached hydrogen (secondary N) is 3. The Hall–Kier alpha value is -2.34. The zero-order valence-corrected chi connectivity index (χ0v) is 21.4. The summed E-state index contributed by atoms with van der Waals surface area (Å²) in [5, 5.41) is 26.1. The molecule has 0 heterocycles. The van der Waals surface area contributed by atoms with E-state index in [4.69, 9.17) is 10.8 Å². The van der Waals surface area contributed by atoms with Crippen LogP contribution in [0.25, 0.3) is 0 Å². The van der Waals surface area contributed by atoms with E-state index in [2.05, 4.69) is 16.0 Å². The van der Waals surface area contributed by atoms with Crippen molar-refractivity contribution >= 4 is 41.4 Å². The van der Waals surface area contributed by atoms with Gasteiger partial charge in [-0.25, -0.2) is 4.79 Å². The SMILES string of the molecule is CCC(C)C(NC(=O)C(CCC(=O)O)NC(=O)C(NC(=O)C(N)CCSC)C(C)CC)C(=O)O. The Labute approximate surface area is 205 Å². The molecule has 7 N–H and O–H groups in total. The number of carboxylic acid groups (broad SMARTS) is 2. The van der Waals surface area contributed by atoms with Gasteiger partial charge in [-0.05, 0) is 36.7 Å². The predicted octanol–water partition coefficient (Wildman–Crippen LogP) is 0.563. The summed E-state index contributed by atoms with van der Waals surface area (Å²) in [5.41, 5.74) is 5.91. The van der Waals surface area contributed by atoms with Crippen LogP contribution < -0.4 is 21.7 Å². The van der Waals surface area contributed by atoms with Crippen molar-refractivity contribution in [2.75, 3.05) is 12.0 Å². The Kier molecular flexibility index (Phi) is 15.2. The van der Waals surface area contributed by atoms with E-state index in [0.29, 0.717) is 25.0 Å². The number of thioether (sulfide) groups is 1. The molecule has 0 rings (SSSR count). The van der Waals surface area contributed by atoms with Crippen molar-refractivity contribution in [2.24, 2.45) is 17.6 Å². The number of nitrogens with two attached hydrogens (primary N) is 1. The molecule has 34 heavy (non-hydrogen) atoms. The number of hydrogen-bond donors (Lipinski definition) is 6. The lowest BCUT2D eigenvalue weighted by Gasteiger charge is -2.28. The number of carboxylic acids is 2. The number of carbonyl (C=O) groups is 5. The van der Waals surface area contributed by atoms with Crippen molar-refractivity contribution in [1.29, 1.82) is 0 Å². The molecule has 0 aromatic heterocycles. The van der Waals surface area contributed by atoms with E-state index in [-0.39, 0.29) is 18.3 Å². The van der Waals surface area contributed by atoms with Gasteiger partial charge in [-0.2, -0.15) is 11.8 Å². The Morgan fingerprint density at radius 1 is 0.824 bits per heavy atom. The fraction of sp³-hybridized carbons (Fsp3) is 0.773. The van der Waals surface area contributed by atoms with Crippen LogP contribution in [0.2, 0.25) is 0 Å². The normalized spacial score (nSPS) is 16.3. The molecule has 0 spiro atoms. The number of aliphatic carboxylic acids is 2. The largest absolute Gasteiger partial charge is 0.481 e. The number of amides is 3. The molecule has 0 aromatic carbocycles. The van der Waals surface area contributed by atoms with Crippen molar-refractivity contribution < 1.29 is 34.2 Å². The van der Waals surface area contributed by atoms with Gasteiger partial charge in [0.15, 0.2) is 0 Å². The minimum Gasteiger partial charge on any atom is -0.481 e. The molecular weight excluding hydrogens is 464 g/mol. The van der Waals surface area contributed by atoms with E-state index in [1.807, 2.05) is 13.2 Å². The molecule has 0 bridgehead atoms. The number of carbonyl (C=O) groups excluding carboxylic acids is 3. The monoisotopic (exact) mass is 504 g/mol. The highest BCUT2D eigenvalue weighted by Crippen LogP contribution is 2.12. The fourth-order valence-electron chi connectivity index (χ4n) is 3.07. The second kappa shape index (κ2) is 16.3. The van der Waals surface area contributed by atoms with Crippen LogP contribution >= 0.6 is 11.8 Å². The molecule has 0 radical (unpaired) electrons. The highest BCUT2D eigenvalue weighted by Gasteiger charge is 2.33. The lowest BCUT2D eigenvalue weighted by atomic mass is 9.96. The average molecular weight is 505 g/mol. The molecule has 3 amide bonds. The third-order valence-corrected chi connectivity index (χ3v) is 6.46. The molecule has 6 unspecified atom stereocenters. The summed E-state index contributed by atoms with van der Waals surface area (Å²) < 4.78 is 0. The van der Waals surface area contributed by atoms with Crippen LogP contribution in [0, 0.1) is 11.8 Å². The summed E-state index contributed by atoms with van der Waals surface area (Å²) in [6.45, 7) is 7.04. The maximum Gasteiger partial charge on any atom is 0.326 e. The van der Waals surface area contributed by atoms with Gasteiger partial charge >= 0.3 is 11.9 Å². The van der Waals surface area contributed by atoms with Crippen LogP contribution in [0.15, 0.2) is 0 Å². The topological polar surface area (TPSA) is 188 Å². The van der Waals surface area contributed by atoms with Gasteiger partial charge in [0, 0.05) is 6.42 Å². The smallest absolute Gasteiger partial charge is 0.326 e. The van der Waals surface area contributed by atoms with Gasteiger partial charge in [-0.1, -0.05) is 40.5 Å². The molecule has 0 aromatic rings. The lowest BCUT2D eigenvalue weighted by Crippen LogP contribution is -2.59. The Bertz CT molecular complexity index is 707. The Balaban J connectivity index is 5.62. The summed E-state index contributed by atoms with van der Waals surface area (Å²) in [6, 6.07) is -4.28. The van der Waals surface area contributed by atoms with E-state index in [0.717, 1.165) is 0 Å². The first-order chi connectivity index (χ1) is 15.9. The van der Waals surface area contributed by atoms with Gasteiger partial charge in [0.05, 0.1) is 6.04 Å². The highest BCUT2D eigenvalue weighted by atomic mass is 32.2. The van der Waals surface area contributed by atoms with Crippen molar-refractivity contribution in [3.05, 3.63) is 0 Å². The van der Waals surface area contributed by atoms with Crippen LogP contribution in [-0.4, -0.2) is 76.0 Å². The maximum atomic E-state index is 13.1. The number of hydrogen-bond acceptors (Lipinski definition) is 7. The zero-order chi connectivity index (χ0) is 26.4. The first-order valence-electron chi connectivity index (χ1n) is 11.5. The van der Waals surface area contributed by atoms with Crippen LogP contribution in [-0.2, 0) is 24.0 Å². The van der Waals surface area contributed by atoms with Gasteiger partial charge in [-0.3, -0.25) is 19.2 Å². The second-order valence-corrected chi connectivity index (χ2v) is 9.45. The summed E-state index contributed by atoms with van der Waals surface area (Å²) in [4.78, 5) is 61.1. The number of rotatable bonds is 17. The van der Waals surface area contributed by atoms with Gasteiger partial charge in [0.2, 0.25) is 17.7 Å². The molecule has 0 aliphatic carbocycles. The van der Waals surface area contributed by atoms with Crippen LogP contribution in [0.5, 0.6) is 0 Å². The third-order valence-electron chi connectivity index (χ3n) is 5.82. The van der Waals surface area contributed by atoms with Crippen molar-refractivity contribution in [1.82, 2.24) is 16.0 Å². The van der Waals surface area contributed by atoms with E-state index in [1.165, 1.54) is 11.8 Å². The summed E-state index contributed by atoms with van der Waals surface area (Å²) in [6.07, 6.45) is 2.69. The van der Waals surface area contributed by atoms with Gasteiger partial charge < -0.3 is 31.9 Å². The van der Waals surface area contributed by atoms with Crippen LogP contribution in [0.3, 0.4) is 0 Å². The Morgan fingerprint density at radius 3 is 1.82 bits per heavy atom. The second-order valence-electron chi connectivity index (χ2n) is 8.46. The standard InChI is InChI=1S/C22H40N4O7S/c1-6-12(3)17(25-19(29)14(23)10-11-34-5)21(31)24-15(8-9-16(27)28)20(30)26-18(22(32)33)13(4)7-2/h12-15,17-18H,6-11,23H2,1-5H3,(H,24,31)(H,25,29)(H,26,30)(H,27,28)(H,32,33). The molecule has 0 saturated carbocycles. The molecule has 0 saturated heterocycles. The summed E-state index contributed by atoms with van der Waals surface area (Å²) >= 11 is 1.54. The quantitative estimate of drug-likeness (QED) is 0.164. The first-order valence-corrected chi connectivity index (χ1v) is 12.9. The third kappa shape index (κ3) is 11.2. The molecular formula is C22H40N4O7S. The first kappa shape index (κ1) is 31.7. The lowest BCUT2D eigenvalue weighted by molar-refractivity contribution is -0.144. The van der Waals surface area contributed by atoms with Crippen molar-refractivity contribution in [2.45, 2.75) is 84.0 Å². The Morgan fingerprint density at radius 2 is 1.35 bits per heavy atom. The minimum atomic E-state index is -1.29. The molecule has 0 aliphatic rings. The summed E-state index contributed by atoms with van der Waals surface area (Å²) in [7, 11) is 0. The van der Waals surface area contributed by atoms with Gasteiger partial charge in [0.25, 0.3) is 0 Å². The predicted molar refractivity (Wildman–Crippen MR) is 130 cm³/mol. The van der Waals surface area contributed by atoms with Crippen LogP contribution in [0.4, 0.5) is 0 Å². The minimum absolute atomic E-state index is 0.242. The van der Waals surface area contributed by atoms with Crippen molar-refractivity contribution in [3.8, 4) is 0 Å². The fourth-order valence-corrected chi connectivity index (χ4v) is 3.56. The summed E-state index contributed by atoms with van der Waals surface area (Å²) in [5.74, 6) is -4.37. The maximum absolute atomic E-state index is 13.1. The molecule has 0 fully saturated rings. The van der Waals surface area contributed by atoms with E-state index in [1.54, 1.807) is 20.8 Å². The molecule has 0 aliphatic heterocycles. The van der Waals surface area contributed by atoms with E-state index >= 15 is 0 Å². The average Bonchev–Trinajstić information content (AvgIpc) is 2.79.